The molecule has 1 amide bonds. The Balaban J connectivity index is 0.00000160. The second-order valence-electron chi connectivity index (χ2n) is 11.0. The van der Waals surface area contributed by atoms with Crippen molar-refractivity contribution in [2.24, 2.45) is 17.8 Å². The molecule has 4 fully saturated rings. The third kappa shape index (κ3) is 5.57. The Hall–Kier alpha value is -2.53. The highest BCUT2D eigenvalue weighted by Crippen LogP contribution is 2.41. The molecule has 2 aromatic rings. The molecule has 2 unspecified atom stereocenters. The van der Waals surface area contributed by atoms with Gasteiger partial charge in [0.2, 0.25) is 0 Å². The van der Waals surface area contributed by atoms with Crippen molar-refractivity contribution < 1.29 is 13.8 Å². The Morgan fingerprint density at radius 2 is 1.76 bits per heavy atom. The van der Waals surface area contributed by atoms with E-state index in [1.54, 1.807) is 0 Å². The molecule has 2 N–H and O–H groups in total. The summed E-state index contributed by atoms with van der Waals surface area (Å²) in [6, 6.07) is 17.0. The zero-order valence-electron chi connectivity index (χ0n) is 20.6. The van der Waals surface area contributed by atoms with Crippen LogP contribution >= 0.6 is 0 Å². The first-order chi connectivity index (χ1) is 16.5. The van der Waals surface area contributed by atoms with Crippen molar-refractivity contribution >= 4 is 17.3 Å². The maximum atomic E-state index is 12.6. The second kappa shape index (κ2) is 10.4. The van der Waals surface area contributed by atoms with Gasteiger partial charge in [0.1, 0.15) is 5.75 Å². The van der Waals surface area contributed by atoms with Gasteiger partial charge in [-0.15, -0.1) is 0 Å². The van der Waals surface area contributed by atoms with E-state index in [1.807, 2.05) is 36.4 Å². The lowest BCUT2D eigenvalue weighted by Gasteiger charge is -2.43. The van der Waals surface area contributed by atoms with Crippen molar-refractivity contribution in [1.82, 2.24) is 5.32 Å². The lowest BCUT2D eigenvalue weighted by Crippen LogP contribution is -2.49. The average Bonchev–Trinajstić information content (AvgIpc) is 3.32. The molecule has 1 aliphatic heterocycles. The monoisotopic (exact) mass is 467 g/mol. The van der Waals surface area contributed by atoms with Crippen LogP contribution in [0.1, 0.15) is 67.0 Å². The van der Waals surface area contributed by atoms with Crippen LogP contribution in [0.15, 0.2) is 48.5 Å². The first-order valence-corrected chi connectivity index (χ1v) is 13.2. The van der Waals surface area contributed by atoms with Gasteiger partial charge in [-0.2, -0.15) is 0 Å². The van der Waals surface area contributed by atoms with Crippen LogP contribution in [-0.4, -0.2) is 37.7 Å². The van der Waals surface area contributed by atoms with E-state index < -0.39 is 0 Å². The SMILES string of the molecule is CC(C)COc1ccc(C(=O)Nc2ccc(N3CCC(NC4CC5CCC4CC5)C3)cc2)cc1.[HH].[HH].[HH]. The van der Waals surface area contributed by atoms with Crippen LogP contribution in [0.2, 0.25) is 0 Å². The highest BCUT2D eigenvalue weighted by atomic mass is 16.5. The Bertz CT molecular complexity index is 963. The molecule has 2 aromatic carbocycles. The standard InChI is InChI=1S/C29H39N3O2.3H2/c1-20(2)19-34-27-13-7-23(8-14-27)29(33)31-24-9-11-26(12-10-24)32-16-15-25(18-32)30-28-17-21-3-5-22(28)6-4-21;;;/h7-14,20-22,25,28,30H,3-6,15-19H2,1-2H3,(H,31,33);3*1H. The number of nitrogens with one attached hydrogen (secondary N) is 2. The first kappa shape index (κ1) is 23.2. The number of benzene rings is 2. The van der Waals surface area contributed by atoms with Crippen molar-refractivity contribution in [3.8, 4) is 5.75 Å². The number of rotatable bonds is 8. The number of anilines is 2. The van der Waals surface area contributed by atoms with Gasteiger partial charge in [0, 0.05) is 46.4 Å². The third-order valence-electron chi connectivity index (χ3n) is 7.88. The normalized spacial score (nSPS) is 26.1. The third-order valence-corrected chi connectivity index (χ3v) is 7.88. The highest BCUT2D eigenvalue weighted by Gasteiger charge is 2.37. The smallest absolute Gasteiger partial charge is 0.255 e. The van der Waals surface area contributed by atoms with Gasteiger partial charge in [-0.05, 0) is 92.0 Å². The van der Waals surface area contributed by atoms with E-state index >= 15 is 0 Å². The largest absolute Gasteiger partial charge is 0.493 e. The van der Waals surface area contributed by atoms with E-state index in [0.717, 1.165) is 42.4 Å². The van der Waals surface area contributed by atoms with Crippen LogP contribution in [0.4, 0.5) is 11.4 Å². The van der Waals surface area contributed by atoms with Gasteiger partial charge in [0.15, 0.2) is 0 Å². The molecule has 3 aliphatic carbocycles. The topological polar surface area (TPSA) is 53.6 Å². The van der Waals surface area contributed by atoms with Gasteiger partial charge in [0.25, 0.3) is 5.91 Å². The molecule has 34 heavy (non-hydrogen) atoms. The molecular formula is C29H45N3O2. The molecule has 5 nitrogen and oxygen atoms in total. The van der Waals surface area contributed by atoms with E-state index in [-0.39, 0.29) is 10.2 Å². The van der Waals surface area contributed by atoms with Crippen LogP contribution in [0.25, 0.3) is 0 Å². The molecule has 4 aliphatic rings. The maximum Gasteiger partial charge on any atom is 0.255 e. The van der Waals surface area contributed by atoms with Gasteiger partial charge >= 0.3 is 0 Å². The van der Waals surface area contributed by atoms with E-state index in [2.05, 4.69) is 41.5 Å². The van der Waals surface area contributed by atoms with Crippen LogP contribution in [-0.2, 0) is 0 Å². The number of hydrogen-bond acceptors (Lipinski definition) is 4. The van der Waals surface area contributed by atoms with Gasteiger partial charge in [-0.1, -0.05) is 26.7 Å². The van der Waals surface area contributed by atoms with Crippen molar-refractivity contribution in [1.29, 1.82) is 0 Å². The van der Waals surface area contributed by atoms with Crippen molar-refractivity contribution in [2.75, 3.05) is 29.9 Å². The van der Waals surface area contributed by atoms with Crippen LogP contribution in [0, 0.1) is 17.8 Å². The summed E-state index contributed by atoms with van der Waals surface area (Å²) < 4.78 is 5.70. The summed E-state index contributed by atoms with van der Waals surface area (Å²) in [6.07, 6.45) is 8.39. The molecule has 1 heterocycles. The number of fused-ring (bicyclic) bond motifs is 3. The maximum absolute atomic E-state index is 12.6. The van der Waals surface area contributed by atoms with Gasteiger partial charge < -0.3 is 20.3 Å². The predicted octanol–water partition coefficient (Wildman–Crippen LogP) is 6.46. The molecule has 3 saturated carbocycles. The van der Waals surface area contributed by atoms with Gasteiger partial charge in [-0.25, -0.2) is 0 Å². The van der Waals surface area contributed by atoms with Crippen LogP contribution in [0.5, 0.6) is 5.75 Å². The Morgan fingerprint density at radius 1 is 1.03 bits per heavy atom. The van der Waals surface area contributed by atoms with E-state index in [1.165, 1.54) is 44.2 Å². The minimum absolute atomic E-state index is 0. The zero-order valence-corrected chi connectivity index (χ0v) is 20.6. The molecule has 0 aromatic heterocycles. The summed E-state index contributed by atoms with van der Waals surface area (Å²) in [5.74, 6) is 3.05. The molecule has 6 rings (SSSR count). The Labute approximate surface area is 208 Å². The predicted molar refractivity (Wildman–Crippen MR) is 145 cm³/mol. The first-order valence-electron chi connectivity index (χ1n) is 13.2. The molecule has 1 saturated heterocycles. The van der Waals surface area contributed by atoms with E-state index in [0.29, 0.717) is 24.1 Å². The summed E-state index contributed by atoms with van der Waals surface area (Å²) >= 11 is 0. The van der Waals surface area contributed by atoms with Crippen molar-refractivity contribution in [3.63, 3.8) is 0 Å². The van der Waals surface area contributed by atoms with Crippen LogP contribution in [0.3, 0.4) is 0 Å². The van der Waals surface area contributed by atoms with Crippen molar-refractivity contribution in [2.45, 2.75) is 64.5 Å². The number of carbonyl (C=O) groups is 1. The zero-order chi connectivity index (χ0) is 23.5. The molecule has 5 heteroatoms. The van der Waals surface area contributed by atoms with Gasteiger partial charge in [-0.3, -0.25) is 4.79 Å². The number of carbonyl (C=O) groups excluding carboxylic acids is 1. The van der Waals surface area contributed by atoms with E-state index in [9.17, 15) is 4.79 Å². The molecule has 0 spiro atoms. The molecule has 2 atom stereocenters. The molecule has 0 radical (unpaired) electrons. The Morgan fingerprint density at radius 3 is 2.41 bits per heavy atom. The summed E-state index contributed by atoms with van der Waals surface area (Å²) in [5, 5.41) is 7.03. The molecule has 188 valence electrons. The van der Waals surface area contributed by atoms with Crippen molar-refractivity contribution in [3.05, 3.63) is 54.1 Å². The summed E-state index contributed by atoms with van der Waals surface area (Å²) in [5.41, 5.74) is 2.69. The lowest BCUT2D eigenvalue weighted by molar-refractivity contribution is 0.102. The Kier molecular flexibility index (Phi) is 7.10. The fraction of sp³-hybridized carbons (Fsp3) is 0.552. The van der Waals surface area contributed by atoms with Gasteiger partial charge in [0.05, 0.1) is 6.61 Å². The quantitative estimate of drug-likeness (QED) is 0.468. The second-order valence-corrected chi connectivity index (χ2v) is 11.0. The summed E-state index contributed by atoms with van der Waals surface area (Å²) in [4.78, 5) is 15.1. The molecular weight excluding hydrogens is 422 g/mol. The average molecular weight is 468 g/mol. The summed E-state index contributed by atoms with van der Waals surface area (Å²) in [6.45, 7) is 7.08. The van der Waals surface area contributed by atoms with Crippen LogP contribution < -0.4 is 20.3 Å². The fourth-order valence-corrected chi connectivity index (χ4v) is 5.94. The number of hydrogen-bond donors (Lipinski definition) is 2. The highest BCUT2D eigenvalue weighted by molar-refractivity contribution is 6.04. The minimum atomic E-state index is -0.102. The minimum Gasteiger partial charge on any atom is -0.493 e. The number of amides is 1. The lowest BCUT2D eigenvalue weighted by atomic mass is 9.68. The molecule has 2 bridgehead atoms. The number of ether oxygens (including phenoxy) is 1. The fourth-order valence-electron chi connectivity index (χ4n) is 5.94. The summed E-state index contributed by atoms with van der Waals surface area (Å²) in [7, 11) is 0. The number of nitrogens with zero attached hydrogens (tertiary/aromatic N) is 1. The van der Waals surface area contributed by atoms with E-state index in [4.69, 9.17) is 4.74 Å².